The van der Waals surface area contributed by atoms with Gasteiger partial charge in [-0.1, -0.05) is 36.2 Å². The van der Waals surface area contributed by atoms with Gasteiger partial charge in [0.15, 0.2) is 0 Å². The van der Waals surface area contributed by atoms with Crippen LogP contribution in [0.5, 0.6) is 0 Å². The summed E-state index contributed by atoms with van der Waals surface area (Å²) in [5.41, 5.74) is 2.23. The summed E-state index contributed by atoms with van der Waals surface area (Å²) in [6, 6.07) is 12.6. The molecule has 0 spiro atoms. The number of sulfonamides is 1. The van der Waals surface area contributed by atoms with Crippen LogP contribution in [0.25, 0.3) is 0 Å². The topological polar surface area (TPSA) is 49.7 Å². The lowest BCUT2D eigenvalue weighted by atomic mass is 10.2. The first-order valence-corrected chi connectivity index (χ1v) is 10.2. The van der Waals surface area contributed by atoms with Crippen LogP contribution in [0.3, 0.4) is 0 Å². The molecule has 3 rings (SSSR count). The summed E-state index contributed by atoms with van der Waals surface area (Å²) in [5, 5.41) is 0.654. The van der Waals surface area contributed by atoms with Crippen molar-refractivity contribution in [2.75, 3.05) is 13.1 Å². The largest absolute Gasteiger partial charge is 0.255 e. The van der Waals surface area contributed by atoms with E-state index >= 15 is 0 Å². The first kappa shape index (κ1) is 18.1. The first-order chi connectivity index (χ1) is 12.0. The van der Waals surface area contributed by atoms with Crippen LogP contribution in [0.2, 0.25) is 5.02 Å². The minimum atomic E-state index is -3.53. The Balaban J connectivity index is 1.96. The summed E-state index contributed by atoms with van der Waals surface area (Å²) in [5.74, 6) is 0. The van der Waals surface area contributed by atoms with E-state index in [9.17, 15) is 8.42 Å². The third-order valence-corrected chi connectivity index (χ3v) is 6.45. The van der Waals surface area contributed by atoms with Gasteiger partial charge in [-0.05, 0) is 55.2 Å². The second-order valence-corrected chi connectivity index (χ2v) is 8.59. The van der Waals surface area contributed by atoms with Gasteiger partial charge in [-0.3, -0.25) is 4.99 Å². The van der Waals surface area contributed by atoms with Crippen LogP contribution in [-0.4, -0.2) is 32.0 Å². The second kappa shape index (κ2) is 7.68. The third kappa shape index (κ3) is 4.29. The Morgan fingerprint density at radius 1 is 1.04 bits per heavy atom. The normalized spacial score (nSPS) is 16.4. The van der Waals surface area contributed by atoms with Crippen molar-refractivity contribution in [2.24, 2.45) is 4.99 Å². The van der Waals surface area contributed by atoms with Crippen molar-refractivity contribution in [1.29, 1.82) is 0 Å². The smallest absolute Gasteiger partial charge is 0.245 e. The quantitative estimate of drug-likeness (QED) is 0.733. The standard InChI is InChI=1S/C19H21ClN2O2S/c1-15-5-10-18(21-14-16-6-8-17(20)9-7-16)19(13-15)25(23,24)22-11-3-2-4-12-22/h5-10,13-14H,2-4,11-12H2,1H3. The van der Waals surface area contributed by atoms with Crippen molar-refractivity contribution in [3.05, 3.63) is 58.6 Å². The molecule has 0 saturated carbocycles. The lowest BCUT2D eigenvalue weighted by Crippen LogP contribution is -2.35. The van der Waals surface area contributed by atoms with Gasteiger partial charge in [0.1, 0.15) is 4.90 Å². The Morgan fingerprint density at radius 2 is 1.72 bits per heavy atom. The molecule has 0 amide bonds. The molecule has 1 fully saturated rings. The number of piperidine rings is 1. The number of rotatable bonds is 4. The summed E-state index contributed by atoms with van der Waals surface area (Å²) in [4.78, 5) is 4.71. The maximum absolute atomic E-state index is 13.1. The molecule has 0 aliphatic carbocycles. The van der Waals surface area contributed by atoms with Crippen molar-refractivity contribution in [3.63, 3.8) is 0 Å². The Kier molecular flexibility index (Phi) is 5.57. The molecule has 1 saturated heterocycles. The highest BCUT2D eigenvalue weighted by Crippen LogP contribution is 2.30. The SMILES string of the molecule is Cc1ccc(N=Cc2ccc(Cl)cc2)c(S(=O)(=O)N2CCCCC2)c1. The zero-order valence-electron chi connectivity index (χ0n) is 14.2. The predicted octanol–water partition coefficient (Wildman–Crippen LogP) is 4.57. The molecule has 0 unspecified atom stereocenters. The molecule has 2 aromatic carbocycles. The van der Waals surface area contributed by atoms with Crippen LogP contribution >= 0.6 is 11.6 Å². The van der Waals surface area contributed by atoms with Crippen molar-refractivity contribution < 1.29 is 8.42 Å². The van der Waals surface area contributed by atoms with E-state index in [1.54, 1.807) is 34.8 Å². The Labute approximate surface area is 154 Å². The molecule has 0 N–H and O–H groups in total. The molecule has 0 radical (unpaired) electrons. The summed E-state index contributed by atoms with van der Waals surface area (Å²) in [6.07, 6.45) is 4.57. The fourth-order valence-corrected chi connectivity index (χ4v) is 4.73. The monoisotopic (exact) mass is 376 g/mol. The molecule has 1 heterocycles. The summed E-state index contributed by atoms with van der Waals surface area (Å²) in [6.45, 7) is 3.05. The van der Waals surface area contributed by atoms with Gasteiger partial charge in [-0.15, -0.1) is 0 Å². The van der Waals surface area contributed by atoms with Crippen LogP contribution < -0.4 is 0 Å². The maximum atomic E-state index is 13.1. The number of hydrogen-bond acceptors (Lipinski definition) is 3. The molecule has 2 aromatic rings. The van der Waals surface area contributed by atoms with Crippen molar-refractivity contribution >= 4 is 33.5 Å². The summed E-state index contributed by atoms with van der Waals surface area (Å²) in [7, 11) is -3.53. The molecule has 4 nitrogen and oxygen atoms in total. The number of nitrogens with zero attached hydrogens (tertiary/aromatic N) is 2. The molecule has 132 valence electrons. The minimum Gasteiger partial charge on any atom is -0.255 e. The number of hydrogen-bond donors (Lipinski definition) is 0. The summed E-state index contributed by atoms with van der Waals surface area (Å²) >= 11 is 5.89. The average molecular weight is 377 g/mol. The van der Waals surface area contributed by atoms with Crippen LogP contribution in [0.4, 0.5) is 5.69 Å². The van der Waals surface area contributed by atoms with Crippen LogP contribution in [0.1, 0.15) is 30.4 Å². The molecule has 6 heteroatoms. The van der Waals surface area contributed by atoms with E-state index in [4.69, 9.17) is 11.6 Å². The highest BCUT2D eigenvalue weighted by molar-refractivity contribution is 7.89. The van der Waals surface area contributed by atoms with E-state index in [-0.39, 0.29) is 4.90 Å². The molecule has 25 heavy (non-hydrogen) atoms. The van der Waals surface area contributed by atoms with Crippen LogP contribution in [-0.2, 0) is 10.0 Å². The highest BCUT2D eigenvalue weighted by atomic mass is 35.5. The molecule has 1 aliphatic heterocycles. The number of aryl methyl sites for hydroxylation is 1. The van der Waals surface area contributed by atoms with Gasteiger partial charge in [0.25, 0.3) is 0 Å². The third-order valence-electron chi connectivity index (χ3n) is 4.27. The molecule has 1 aliphatic rings. The van der Waals surface area contributed by atoms with Gasteiger partial charge < -0.3 is 0 Å². The fraction of sp³-hybridized carbons (Fsp3) is 0.316. The first-order valence-electron chi connectivity index (χ1n) is 8.37. The van der Waals surface area contributed by atoms with Crippen molar-refractivity contribution in [2.45, 2.75) is 31.1 Å². The zero-order valence-corrected chi connectivity index (χ0v) is 15.7. The van der Waals surface area contributed by atoms with E-state index in [1.807, 2.05) is 25.1 Å². The van der Waals surface area contributed by atoms with E-state index in [2.05, 4.69) is 4.99 Å². The van der Waals surface area contributed by atoms with Gasteiger partial charge in [0, 0.05) is 24.3 Å². The minimum absolute atomic E-state index is 0.277. The average Bonchev–Trinajstić information content (AvgIpc) is 2.62. The Bertz CT molecular complexity index is 871. The number of benzene rings is 2. The zero-order chi connectivity index (χ0) is 17.9. The fourth-order valence-electron chi connectivity index (χ4n) is 2.87. The Morgan fingerprint density at radius 3 is 2.40 bits per heavy atom. The summed E-state index contributed by atoms with van der Waals surface area (Å²) < 4.78 is 27.7. The Hall–Kier alpha value is -1.69. The van der Waals surface area contributed by atoms with Gasteiger partial charge in [0.05, 0.1) is 5.69 Å². The molecule has 0 bridgehead atoms. The van der Waals surface area contributed by atoms with Crippen molar-refractivity contribution in [1.82, 2.24) is 4.31 Å². The lowest BCUT2D eigenvalue weighted by molar-refractivity contribution is 0.347. The molecular weight excluding hydrogens is 356 g/mol. The number of aliphatic imine (C=N–C) groups is 1. The van der Waals surface area contributed by atoms with E-state index in [0.717, 1.165) is 30.4 Å². The van der Waals surface area contributed by atoms with Gasteiger partial charge in [-0.25, -0.2) is 8.42 Å². The van der Waals surface area contributed by atoms with Crippen molar-refractivity contribution in [3.8, 4) is 0 Å². The van der Waals surface area contributed by atoms with E-state index < -0.39 is 10.0 Å². The van der Waals surface area contributed by atoms with Crippen LogP contribution in [0, 0.1) is 6.92 Å². The van der Waals surface area contributed by atoms with Gasteiger partial charge in [-0.2, -0.15) is 4.31 Å². The van der Waals surface area contributed by atoms with E-state index in [0.29, 0.717) is 23.8 Å². The van der Waals surface area contributed by atoms with Crippen LogP contribution in [0.15, 0.2) is 52.4 Å². The molecule has 0 aromatic heterocycles. The molecule has 0 atom stereocenters. The van der Waals surface area contributed by atoms with Gasteiger partial charge >= 0.3 is 0 Å². The lowest BCUT2D eigenvalue weighted by Gasteiger charge is -2.26. The predicted molar refractivity (Wildman–Crippen MR) is 102 cm³/mol. The number of halogens is 1. The van der Waals surface area contributed by atoms with E-state index in [1.165, 1.54) is 0 Å². The highest BCUT2D eigenvalue weighted by Gasteiger charge is 2.28. The maximum Gasteiger partial charge on any atom is 0.245 e. The molecular formula is C19H21ClN2O2S. The van der Waals surface area contributed by atoms with Gasteiger partial charge in [0.2, 0.25) is 10.0 Å². The second-order valence-electron chi connectivity index (χ2n) is 6.25.